The van der Waals surface area contributed by atoms with Gasteiger partial charge in [-0.3, -0.25) is 4.39 Å². The van der Waals surface area contributed by atoms with E-state index in [1.807, 2.05) is 6.26 Å². The van der Waals surface area contributed by atoms with Crippen molar-refractivity contribution in [1.29, 1.82) is 0 Å². The van der Waals surface area contributed by atoms with Crippen LogP contribution in [0.2, 0.25) is 0 Å². The molecule has 0 aromatic rings. The smallest absolute Gasteiger partial charge is 0.0999 e. The number of rotatable bonds is 4. The van der Waals surface area contributed by atoms with E-state index in [1.54, 1.807) is 13.8 Å². The maximum absolute atomic E-state index is 12.3. The Morgan fingerprint density at radius 2 is 2.18 bits per heavy atom. The number of hydrogen-bond donors (Lipinski definition) is 1. The van der Waals surface area contributed by atoms with Crippen molar-refractivity contribution in [3.63, 3.8) is 0 Å². The van der Waals surface area contributed by atoms with Crippen molar-refractivity contribution >= 4 is 17.5 Å². The van der Waals surface area contributed by atoms with E-state index in [-0.39, 0.29) is 0 Å². The van der Waals surface area contributed by atoms with Crippen molar-refractivity contribution in [2.75, 3.05) is 18.7 Å². The third-order valence-corrected chi connectivity index (χ3v) is 2.08. The Morgan fingerprint density at radius 1 is 1.64 bits per heavy atom. The first-order chi connectivity index (χ1) is 5.08. The Labute approximate surface area is 70.9 Å². The summed E-state index contributed by atoms with van der Waals surface area (Å²) in [5, 5.41) is 11.6. The molecule has 4 heteroatoms. The van der Waals surface area contributed by atoms with Crippen molar-refractivity contribution in [1.82, 2.24) is 0 Å². The topological polar surface area (TPSA) is 32.6 Å². The van der Waals surface area contributed by atoms with Gasteiger partial charge in [-0.25, -0.2) is 0 Å². The lowest BCUT2D eigenvalue weighted by Gasteiger charge is -2.20. The molecule has 0 atom stereocenters. The van der Waals surface area contributed by atoms with Crippen molar-refractivity contribution in [2.45, 2.75) is 13.8 Å². The summed E-state index contributed by atoms with van der Waals surface area (Å²) < 4.78 is 12.3. The number of thioether (sulfide) groups is 1. The monoisotopic (exact) mass is 179 g/mol. The van der Waals surface area contributed by atoms with Crippen molar-refractivity contribution < 1.29 is 9.60 Å². The van der Waals surface area contributed by atoms with Gasteiger partial charge in [0.2, 0.25) is 0 Å². The van der Waals surface area contributed by atoms with Gasteiger partial charge in [0, 0.05) is 11.2 Å². The quantitative estimate of drug-likeness (QED) is 0.407. The van der Waals surface area contributed by atoms with Gasteiger partial charge in [0.25, 0.3) is 0 Å². The summed E-state index contributed by atoms with van der Waals surface area (Å²) >= 11 is 1.52. The lowest BCUT2D eigenvalue weighted by atomic mass is 9.90. The minimum atomic E-state index is -0.627. The highest BCUT2D eigenvalue weighted by Gasteiger charge is 2.25. The highest BCUT2D eigenvalue weighted by atomic mass is 32.2. The van der Waals surface area contributed by atoms with Crippen LogP contribution in [-0.2, 0) is 0 Å². The zero-order valence-corrected chi connectivity index (χ0v) is 7.91. The second-order valence-electron chi connectivity index (χ2n) is 3.00. The summed E-state index contributed by atoms with van der Waals surface area (Å²) in [5.74, 6) is 0.577. The van der Waals surface area contributed by atoms with Crippen LogP contribution in [-0.4, -0.2) is 29.6 Å². The molecule has 0 unspecified atom stereocenters. The van der Waals surface area contributed by atoms with Gasteiger partial charge in [-0.15, -0.1) is 0 Å². The van der Waals surface area contributed by atoms with Crippen LogP contribution in [0.25, 0.3) is 0 Å². The molecule has 0 radical (unpaired) electrons. The molecule has 0 aliphatic carbocycles. The summed E-state index contributed by atoms with van der Waals surface area (Å²) in [7, 11) is 0. The van der Waals surface area contributed by atoms with Crippen LogP contribution in [0, 0.1) is 5.41 Å². The van der Waals surface area contributed by atoms with Crippen molar-refractivity contribution in [2.24, 2.45) is 10.6 Å². The van der Waals surface area contributed by atoms with E-state index >= 15 is 0 Å². The van der Waals surface area contributed by atoms with Gasteiger partial charge in [0.15, 0.2) is 0 Å². The van der Waals surface area contributed by atoms with E-state index in [2.05, 4.69) is 5.16 Å². The molecule has 0 spiro atoms. The fraction of sp³-hybridized carbons (Fsp3) is 0.857. The van der Waals surface area contributed by atoms with Crippen molar-refractivity contribution in [3.05, 3.63) is 0 Å². The van der Waals surface area contributed by atoms with E-state index in [9.17, 15) is 4.39 Å². The fourth-order valence-corrected chi connectivity index (χ4v) is 1.30. The van der Waals surface area contributed by atoms with Crippen LogP contribution < -0.4 is 0 Å². The molecule has 0 bridgehead atoms. The third-order valence-electron chi connectivity index (χ3n) is 1.52. The number of hydrogen-bond acceptors (Lipinski definition) is 3. The Bertz CT molecular complexity index is 147. The molecule has 1 N–H and O–H groups in total. The van der Waals surface area contributed by atoms with Crippen LogP contribution in [0.5, 0.6) is 0 Å². The Hall–Kier alpha value is -0.250. The normalized spacial score (nSPS) is 13.6. The van der Waals surface area contributed by atoms with Gasteiger partial charge in [0.1, 0.15) is 0 Å². The van der Waals surface area contributed by atoms with Gasteiger partial charge >= 0.3 is 0 Å². The summed E-state index contributed by atoms with van der Waals surface area (Å²) in [4.78, 5) is 0. The van der Waals surface area contributed by atoms with E-state index in [0.29, 0.717) is 11.5 Å². The Balaban J connectivity index is 4.25. The molecule has 0 saturated carbocycles. The minimum absolute atomic E-state index is 0.493. The predicted molar refractivity (Wildman–Crippen MR) is 47.4 cm³/mol. The summed E-state index contributed by atoms with van der Waals surface area (Å²) in [6, 6.07) is 0. The first-order valence-corrected chi connectivity index (χ1v) is 4.74. The average Bonchev–Trinajstić information content (AvgIpc) is 2.00. The molecule has 0 saturated heterocycles. The summed E-state index contributed by atoms with van der Waals surface area (Å²) in [6.07, 6.45) is 1.89. The standard InChI is InChI=1S/C7H14FNOS/c1-7(2,5-8)6(9-10)4-11-3/h10H,4-5H2,1-3H3/b9-6-. The van der Waals surface area contributed by atoms with Crippen molar-refractivity contribution in [3.8, 4) is 0 Å². The zero-order chi connectivity index (χ0) is 8.91. The molecule has 0 heterocycles. The summed E-state index contributed by atoms with van der Waals surface area (Å²) in [5.41, 5.74) is -0.120. The van der Waals surface area contributed by atoms with Crippen LogP contribution in [0.1, 0.15) is 13.8 Å². The molecule has 0 aromatic heterocycles. The first-order valence-electron chi connectivity index (χ1n) is 3.34. The summed E-state index contributed by atoms with van der Waals surface area (Å²) in [6.45, 7) is 2.95. The number of oxime groups is 1. The van der Waals surface area contributed by atoms with E-state index in [4.69, 9.17) is 5.21 Å². The van der Waals surface area contributed by atoms with E-state index < -0.39 is 12.1 Å². The van der Waals surface area contributed by atoms with Crippen LogP contribution in [0.4, 0.5) is 4.39 Å². The fourth-order valence-electron chi connectivity index (χ4n) is 0.573. The maximum atomic E-state index is 12.3. The predicted octanol–water partition coefficient (Wildman–Crippen LogP) is 2.18. The largest absolute Gasteiger partial charge is 0.411 e. The molecule has 0 aromatic carbocycles. The Morgan fingerprint density at radius 3 is 2.45 bits per heavy atom. The number of halogens is 1. The molecule has 0 aliphatic rings. The van der Waals surface area contributed by atoms with Crippen LogP contribution in [0.3, 0.4) is 0 Å². The molecular formula is C7H14FNOS. The van der Waals surface area contributed by atoms with Gasteiger partial charge in [0.05, 0.1) is 12.4 Å². The zero-order valence-electron chi connectivity index (χ0n) is 7.09. The molecule has 2 nitrogen and oxygen atoms in total. The molecule has 0 aliphatic heterocycles. The van der Waals surface area contributed by atoms with Gasteiger partial charge in [-0.2, -0.15) is 11.8 Å². The maximum Gasteiger partial charge on any atom is 0.0999 e. The highest BCUT2D eigenvalue weighted by Crippen LogP contribution is 2.20. The van der Waals surface area contributed by atoms with E-state index in [1.165, 1.54) is 11.8 Å². The van der Waals surface area contributed by atoms with Gasteiger partial charge in [-0.05, 0) is 6.26 Å². The molecule has 0 fully saturated rings. The van der Waals surface area contributed by atoms with E-state index in [0.717, 1.165) is 0 Å². The second kappa shape index (κ2) is 4.59. The van der Waals surface area contributed by atoms with Gasteiger partial charge in [-0.1, -0.05) is 19.0 Å². The van der Waals surface area contributed by atoms with Crippen LogP contribution in [0.15, 0.2) is 5.16 Å². The molecule has 66 valence electrons. The minimum Gasteiger partial charge on any atom is -0.411 e. The Kier molecular flexibility index (Phi) is 4.49. The molecule has 11 heavy (non-hydrogen) atoms. The molecular weight excluding hydrogens is 165 g/mol. The molecule has 0 amide bonds. The highest BCUT2D eigenvalue weighted by molar-refractivity contribution is 7.99. The SMILES string of the molecule is CSC/C(=N/O)C(C)(C)CF. The molecule has 0 rings (SSSR count). The number of alkyl halides is 1. The average molecular weight is 179 g/mol. The lowest BCUT2D eigenvalue weighted by molar-refractivity contribution is 0.292. The van der Waals surface area contributed by atoms with Gasteiger partial charge < -0.3 is 5.21 Å². The lowest BCUT2D eigenvalue weighted by Crippen LogP contribution is -2.28. The third kappa shape index (κ3) is 3.10. The second-order valence-corrected chi connectivity index (χ2v) is 3.86. The first kappa shape index (κ1) is 10.8. The number of nitrogens with zero attached hydrogens (tertiary/aromatic N) is 1. The van der Waals surface area contributed by atoms with Crippen LogP contribution >= 0.6 is 11.8 Å².